The molecule has 0 aliphatic carbocycles. The Morgan fingerprint density at radius 1 is 1.00 bits per heavy atom. The van der Waals surface area contributed by atoms with Crippen molar-refractivity contribution in [2.45, 2.75) is 6.61 Å². The SMILES string of the molecule is [c]1cccc(COc2ccccc2)c1. The molecular formula is C13H11O. The van der Waals surface area contributed by atoms with Crippen molar-refractivity contribution in [3.63, 3.8) is 0 Å². The van der Waals surface area contributed by atoms with Crippen molar-refractivity contribution in [2.75, 3.05) is 0 Å². The van der Waals surface area contributed by atoms with E-state index in [1.165, 1.54) is 0 Å². The zero-order valence-electron chi connectivity index (χ0n) is 7.81. The van der Waals surface area contributed by atoms with Gasteiger partial charge in [-0.05, 0) is 29.8 Å². The fourth-order valence-electron chi connectivity index (χ4n) is 1.20. The number of ether oxygens (including phenoxy) is 1. The van der Waals surface area contributed by atoms with E-state index in [9.17, 15) is 0 Å². The largest absolute Gasteiger partial charge is 0.489 e. The van der Waals surface area contributed by atoms with Gasteiger partial charge < -0.3 is 4.74 Å². The van der Waals surface area contributed by atoms with Gasteiger partial charge in [-0.15, -0.1) is 0 Å². The second kappa shape index (κ2) is 4.47. The van der Waals surface area contributed by atoms with Crippen molar-refractivity contribution in [3.8, 4) is 5.75 Å². The molecule has 0 amide bonds. The maximum absolute atomic E-state index is 5.57. The lowest BCUT2D eigenvalue weighted by molar-refractivity contribution is 0.306. The van der Waals surface area contributed by atoms with Crippen LogP contribution in [0.4, 0.5) is 0 Å². The summed E-state index contributed by atoms with van der Waals surface area (Å²) in [5.41, 5.74) is 1.14. The van der Waals surface area contributed by atoms with Crippen LogP contribution in [-0.2, 0) is 6.61 Å². The van der Waals surface area contributed by atoms with E-state index >= 15 is 0 Å². The van der Waals surface area contributed by atoms with Gasteiger partial charge in [-0.25, -0.2) is 0 Å². The zero-order valence-corrected chi connectivity index (χ0v) is 7.81. The number of para-hydroxylation sites is 1. The third kappa shape index (κ3) is 2.36. The van der Waals surface area contributed by atoms with Crippen molar-refractivity contribution in [1.82, 2.24) is 0 Å². The Morgan fingerprint density at radius 2 is 1.86 bits per heavy atom. The fraction of sp³-hybridized carbons (Fsp3) is 0.0769. The maximum Gasteiger partial charge on any atom is 0.119 e. The molecule has 0 aliphatic rings. The zero-order chi connectivity index (χ0) is 9.64. The van der Waals surface area contributed by atoms with Crippen LogP contribution in [0.5, 0.6) is 5.75 Å². The molecule has 0 fully saturated rings. The van der Waals surface area contributed by atoms with Crippen LogP contribution in [-0.4, -0.2) is 0 Å². The minimum atomic E-state index is 0.599. The Morgan fingerprint density at radius 3 is 2.57 bits per heavy atom. The summed E-state index contributed by atoms with van der Waals surface area (Å²) in [4.78, 5) is 0. The standard InChI is InChI=1S/C13H11O/c1-3-7-12(8-4-1)11-14-13-9-5-2-6-10-13/h1-3,5-10H,11H2. The summed E-state index contributed by atoms with van der Waals surface area (Å²) < 4.78 is 5.57. The first kappa shape index (κ1) is 8.82. The molecule has 0 bridgehead atoms. The second-order valence-electron chi connectivity index (χ2n) is 3.01. The first-order valence-corrected chi connectivity index (χ1v) is 4.58. The van der Waals surface area contributed by atoms with Gasteiger partial charge in [-0.3, -0.25) is 0 Å². The molecule has 0 heterocycles. The van der Waals surface area contributed by atoms with Gasteiger partial charge >= 0.3 is 0 Å². The predicted molar refractivity (Wildman–Crippen MR) is 56.1 cm³/mol. The minimum Gasteiger partial charge on any atom is -0.489 e. The number of benzene rings is 2. The highest BCUT2D eigenvalue weighted by Gasteiger charge is 1.92. The van der Waals surface area contributed by atoms with Gasteiger partial charge in [-0.2, -0.15) is 0 Å². The van der Waals surface area contributed by atoms with Gasteiger partial charge in [0.05, 0.1) is 0 Å². The predicted octanol–water partition coefficient (Wildman–Crippen LogP) is 3.07. The van der Waals surface area contributed by atoms with Crippen LogP contribution < -0.4 is 4.74 Å². The molecule has 2 aromatic carbocycles. The highest BCUT2D eigenvalue weighted by molar-refractivity contribution is 5.22. The maximum atomic E-state index is 5.57. The molecule has 0 N–H and O–H groups in total. The monoisotopic (exact) mass is 183 g/mol. The lowest BCUT2D eigenvalue weighted by atomic mass is 10.2. The number of hydrogen-bond donors (Lipinski definition) is 0. The molecule has 14 heavy (non-hydrogen) atoms. The second-order valence-corrected chi connectivity index (χ2v) is 3.01. The van der Waals surface area contributed by atoms with Gasteiger partial charge in [-0.1, -0.05) is 36.4 Å². The van der Waals surface area contributed by atoms with Crippen LogP contribution in [0.3, 0.4) is 0 Å². The van der Waals surface area contributed by atoms with Crippen molar-refractivity contribution < 1.29 is 4.74 Å². The van der Waals surface area contributed by atoms with Crippen molar-refractivity contribution in [2.24, 2.45) is 0 Å². The first-order valence-electron chi connectivity index (χ1n) is 4.58. The highest BCUT2D eigenvalue weighted by atomic mass is 16.5. The van der Waals surface area contributed by atoms with Crippen LogP contribution in [0.1, 0.15) is 5.56 Å². The highest BCUT2D eigenvalue weighted by Crippen LogP contribution is 2.10. The van der Waals surface area contributed by atoms with E-state index < -0.39 is 0 Å². The minimum absolute atomic E-state index is 0.599. The van der Waals surface area contributed by atoms with E-state index in [1.807, 2.05) is 54.6 Å². The summed E-state index contributed by atoms with van der Waals surface area (Å²) in [6.45, 7) is 0.599. The molecule has 1 radical (unpaired) electrons. The van der Waals surface area contributed by atoms with E-state index in [0.717, 1.165) is 11.3 Å². The summed E-state index contributed by atoms with van der Waals surface area (Å²) in [6.07, 6.45) is 0. The Kier molecular flexibility index (Phi) is 2.82. The van der Waals surface area contributed by atoms with E-state index in [4.69, 9.17) is 4.74 Å². The first-order chi connectivity index (χ1) is 6.95. The smallest absolute Gasteiger partial charge is 0.119 e. The third-order valence-electron chi connectivity index (χ3n) is 1.92. The van der Waals surface area contributed by atoms with Crippen LogP contribution in [0.2, 0.25) is 0 Å². The lowest BCUT2D eigenvalue weighted by Crippen LogP contribution is -1.94. The quantitative estimate of drug-likeness (QED) is 0.710. The molecule has 1 nitrogen and oxygen atoms in total. The van der Waals surface area contributed by atoms with Crippen molar-refractivity contribution in [3.05, 3.63) is 66.2 Å². The Balaban J connectivity index is 1.96. The topological polar surface area (TPSA) is 9.23 Å². The van der Waals surface area contributed by atoms with Crippen LogP contribution in [0.15, 0.2) is 54.6 Å². The molecule has 2 aromatic rings. The molecule has 2 rings (SSSR count). The van der Waals surface area contributed by atoms with Crippen LogP contribution >= 0.6 is 0 Å². The van der Waals surface area contributed by atoms with Crippen LogP contribution in [0.25, 0.3) is 0 Å². The summed E-state index contributed by atoms with van der Waals surface area (Å²) in [5.74, 6) is 0.899. The van der Waals surface area contributed by atoms with Crippen molar-refractivity contribution in [1.29, 1.82) is 0 Å². The average molecular weight is 183 g/mol. The number of rotatable bonds is 3. The van der Waals surface area contributed by atoms with Crippen molar-refractivity contribution >= 4 is 0 Å². The molecule has 0 saturated heterocycles. The molecule has 69 valence electrons. The number of hydrogen-bond acceptors (Lipinski definition) is 1. The molecule has 0 atom stereocenters. The normalized spacial score (nSPS) is 9.71. The Bertz CT molecular complexity index is 327. The molecule has 0 spiro atoms. The summed E-state index contributed by atoms with van der Waals surface area (Å²) in [7, 11) is 0. The van der Waals surface area contributed by atoms with Gasteiger partial charge in [0.2, 0.25) is 0 Å². The molecule has 1 heteroatoms. The van der Waals surface area contributed by atoms with Gasteiger partial charge in [0.15, 0.2) is 0 Å². The molecular weight excluding hydrogens is 172 g/mol. The Labute approximate surface area is 84.0 Å². The molecule has 0 aliphatic heterocycles. The van der Waals surface area contributed by atoms with Gasteiger partial charge in [0.1, 0.15) is 12.4 Å². The fourth-order valence-corrected chi connectivity index (χ4v) is 1.20. The lowest BCUT2D eigenvalue weighted by Gasteiger charge is -2.04. The molecule has 0 saturated carbocycles. The van der Waals surface area contributed by atoms with E-state index in [0.29, 0.717) is 6.61 Å². The Hall–Kier alpha value is -1.76. The van der Waals surface area contributed by atoms with Crippen LogP contribution in [0, 0.1) is 6.07 Å². The average Bonchev–Trinajstić information content (AvgIpc) is 2.29. The van der Waals surface area contributed by atoms with E-state index in [-0.39, 0.29) is 0 Å². The molecule has 0 aromatic heterocycles. The van der Waals surface area contributed by atoms with E-state index in [2.05, 4.69) is 6.07 Å². The van der Waals surface area contributed by atoms with E-state index in [1.54, 1.807) is 0 Å². The summed E-state index contributed by atoms with van der Waals surface area (Å²) in [6, 6.07) is 20.6. The summed E-state index contributed by atoms with van der Waals surface area (Å²) >= 11 is 0. The third-order valence-corrected chi connectivity index (χ3v) is 1.92. The summed E-state index contributed by atoms with van der Waals surface area (Å²) in [5, 5.41) is 0. The van der Waals surface area contributed by atoms with Gasteiger partial charge in [0, 0.05) is 0 Å². The molecule has 0 unspecified atom stereocenters. The van der Waals surface area contributed by atoms with Gasteiger partial charge in [0.25, 0.3) is 0 Å².